The normalized spacial score (nSPS) is 9.97. The van der Waals surface area contributed by atoms with Gasteiger partial charge in [0.05, 0.1) is 17.6 Å². The van der Waals surface area contributed by atoms with E-state index in [1.54, 1.807) is 23.7 Å². The SMILES string of the molecule is CNc1ncc(-c2ccc(O)cc2)nc1Cc1ccccc1.S=CCc1ccccc1. The Morgan fingerprint density at radius 1 is 0.871 bits per heavy atom. The first-order chi connectivity index (χ1) is 15.2. The number of aromatic nitrogens is 2. The summed E-state index contributed by atoms with van der Waals surface area (Å²) < 4.78 is 0. The monoisotopic (exact) mass is 427 g/mol. The Morgan fingerprint density at radius 2 is 1.48 bits per heavy atom. The molecule has 0 saturated heterocycles. The van der Waals surface area contributed by atoms with Crippen LogP contribution in [0.4, 0.5) is 5.82 Å². The average Bonchev–Trinajstić information content (AvgIpc) is 2.82. The lowest BCUT2D eigenvalue weighted by Crippen LogP contribution is -2.03. The van der Waals surface area contributed by atoms with Gasteiger partial charge in [-0.3, -0.25) is 0 Å². The van der Waals surface area contributed by atoms with Crippen LogP contribution in [0.2, 0.25) is 0 Å². The maximum absolute atomic E-state index is 9.39. The van der Waals surface area contributed by atoms with Crippen LogP contribution in [0, 0.1) is 0 Å². The highest BCUT2D eigenvalue weighted by Gasteiger charge is 2.09. The summed E-state index contributed by atoms with van der Waals surface area (Å²) in [7, 11) is 1.85. The molecule has 0 saturated carbocycles. The van der Waals surface area contributed by atoms with Crippen molar-refractivity contribution in [3.63, 3.8) is 0 Å². The average molecular weight is 428 g/mol. The highest BCUT2D eigenvalue weighted by molar-refractivity contribution is 7.78. The van der Waals surface area contributed by atoms with Gasteiger partial charge in [-0.2, -0.15) is 0 Å². The van der Waals surface area contributed by atoms with Gasteiger partial charge >= 0.3 is 0 Å². The standard InChI is InChI=1S/C18H17N3O.C8H8S/c1-19-18-16(11-13-5-3-2-4-6-13)21-17(12-20-18)14-7-9-15(22)10-8-14;9-7-6-8-4-2-1-3-5-8/h2-10,12,22H,11H2,1H3,(H,19,20);1-5,7H,6H2. The molecule has 4 aromatic rings. The van der Waals surface area contributed by atoms with E-state index in [0.717, 1.165) is 35.6 Å². The van der Waals surface area contributed by atoms with Crippen molar-refractivity contribution in [2.45, 2.75) is 12.8 Å². The van der Waals surface area contributed by atoms with Gasteiger partial charge in [0.1, 0.15) is 11.6 Å². The van der Waals surface area contributed by atoms with Gasteiger partial charge in [0.2, 0.25) is 0 Å². The minimum Gasteiger partial charge on any atom is -0.508 e. The zero-order valence-corrected chi connectivity index (χ0v) is 18.2. The summed E-state index contributed by atoms with van der Waals surface area (Å²) in [5, 5.41) is 14.2. The first kappa shape index (κ1) is 22.1. The maximum Gasteiger partial charge on any atom is 0.147 e. The molecule has 0 fully saturated rings. The van der Waals surface area contributed by atoms with E-state index in [2.05, 4.69) is 34.6 Å². The molecular weight excluding hydrogens is 402 g/mol. The van der Waals surface area contributed by atoms with Gasteiger partial charge in [-0.15, -0.1) is 0 Å². The van der Waals surface area contributed by atoms with Gasteiger partial charge in [0.25, 0.3) is 0 Å². The summed E-state index contributed by atoms with van der Waals surface area (Å²) in [6.45, 7) is 0. The molecule has 0 aliphatic carbocycles. The lowest BCUT2D eigenvalue weighted by Gasteiger charge is -2.10. The molecule has 4 nitrogen and oxygen atoms in total. The zero-order valence-electron chi connectivity index (χ0n) is 17.4. The van der Waals surface area contributed by atoms with Gasteiger partial charge in [-0.05, 0) is 40.8 Å². The number of thiocarbonyl (C=S) groups is 1. The van der Waals surface area contributed by atoms with Gasteiger partial charge in [0.15, 0.2) is 0 Å². The van der Waals surface area contributed by atoms with Crippen LogP contribution >= 0.6 is 12.2 Å². The van der Waals surface area contributed by atoms with E-state index in [4.69, 9.17) is 17.2 Å². The van der Waals surface area contributed by atoms with E-state index < -0.39 is 0 Å². The van der Waals surface area contributed by atoms with E-state index in [1.165, 1.54) is 11.1 Å². The van der Waals surface area contributed by atoms with Gasteiger partial charge in [-0.1, -0.05) is 72.9 Å². The summed E-state index contributed by atoms with van der Waals surface area (Å²) >= 11 is 4.71. The maximum atomic E-state index is 9.39. The van der Waals surface area contributed by atoms with Crippen molar-refractivity contribution in [2.75, 3.05) is 12.4 Å². The number of anilines is 1. The van der Waals surface area contributed by atoms with Crippen LogP contribution in [0.3, 0.4) is 0 Å². The Kier molecular flexibility index (Phi) is 8.26. The lowest BCUT2D eigenvalue weighted by atomic mass is 10.1. The number of rotatable bonds is 6. The summed E-state index contributed by atoms with van der Waals surface area (Å²) in [5.41, 5.74) is 5.11. The molecule has 4 rings (SSSR count). The highest BCUT2D eigenvalue weighted by Crippen LogP contribution is 2.23. The molecular formula is C26H25N3OS. The van der Waals surface area contributed by atoms with Crippen molar-refractivity contribution in [3.8, 4) is 17.0 Å². The molecule has 31 heavy (non-hydrogen) atoms. The second-order valence-corrected chi connectivity index (χ2v) is 7.20. The highest BCUT2D eigenvalue weighted by atomic mass is 32.1. The molecule has 156 valence electrons. The number of benzene rings is 3. The van der Waals surface area contributed by atoms with E-state index in [1.807, 2.05) is 55.6 Å². The third-order valence-corrected chi connectivity index (χ3v) is 4.79. The Morgan fingerprint density at radius 3 is 2.06 bits per heavy atom. The summed E-state index contributed by atoms with van der Waals surface area (Å²) in [4.78, 5) is 9.19. The summed E-state index contributed by atoms with van der Waals surface area (Å²) in [6.07, 6.45) is 3.36. The molecule has 1 heterocycles. The minimum atomic E-state index is 0.244. The van der Waals surface area contributed by atoms with E-state index in [0.29, 0.717) is 0 Å². The van der Waals surface area contributed by atoms with Crippen molar-refractivity contribution in [1.29, 1.82) is 0 Å². The number of phenolic OH excluding ortho intramolecular Hbond substituents is 1. The van der Waals surface area contributed by atoms with Crippen LogP contribution in [0.15, 0.2) is 91.1 Å². The van der Waals surface area contributed by atoms with Crippen LogP contribution in [-0.4, -0.2) is 27.5 Å². The topological polar surface area (TPSA) is 58.0 Å². The van der Waals surface area contributed by atoms with Crippen LogP contribution in [0.5, 0.6) is 5.75 Å². The van der Waals surface area contributed by atoms with E-state index in [-0.39, 0.29) is 5.75 Å². The zero-order chi connectivity index (χ0) is 21.9. The number of nitrogens with one attached hydrogen (secondary N) is 1. The second-order valence-electron chi connectivity index (χ2n) is 6.87. The Labute approximate surface area is 188 Å². The number of nitrogens with zero attached hydrogens (tertiary/aromatic N) is 2. The van der Waals surface area contributed by atoms with Gasteiger partial charge in [0, 0.05) is 25.5 Å². The predicted molar refractivity (Wildman–Crippen MR) is 132 cm³/mol. The van der Waals surface area contributed by atoms with Crippen molar-refractivity contribution in [2.24, 2.45) is 0 Å². The molecule has 0 unspecified atom stereocenters. The molecule has 0 amide bonds. The quantitative estimate of drug-likeness (QED) is 0.386. The van der Waals surface area contributed by atoms with Gasteiger partial charge < -0.3 is 10.4 Å². The number of hydrogen-bond donors (Lipinski definition) is 2. The molecule has 0 radical (unpaired) electrons. The number of phenols is 1. The fourth-order valence-electron chi connectivity index (χ4n) is 3.03. The molecule has 0 bridgehead atoms. The third kappa shape index (κ3) is 6.73. The molecule has 0 spiro atoms. The minimum absolute atomic E-state index is 0.244. The first-order valence-electron chi connectivity index (χ1n) is 10.0. The molecule has 3 aromatic carbocycles. The van der Waals surface area contributed by atoms with E-state index in [9.17, 15) is 5.11 Å². The van der Waals surface area contributed by atoms with Crippen LogP contribution in [-0.2, 0) is 12.8 Å². The summed E-state index contributed by atoms with van der Waals surface area (Å²) in [5.74, 6) is 1.03. The number of hydrogen-bond acceptors (Lipinski definition) is 5. The fraction of sp³-hybridized carbons (Fsp3) is 0.115. The van der Waals surface area contributed by atoms with Crippen LogP contribution in [0.25, 0.3) is 11.3 Å². The Hall–Kier alpha value is -3.57. The smallest absolute Gasteiger partial charge is 0.147 e. The van der Waals surface area contributed by atoms with Gasteiger partial charge in [-0.25, -0.2) is 9.97 Å². The van der Waals surface area contributed by atoms with Crippen molar-refractivity contribution < 1.29 is 5.11 Å². The molecule has 0 atom stereocenters. The molecule has 1 aromatic heterocycles. The Bertz CT molecular complexity index is 1080. The predicted octanol–water partition coefficient (Wildman–Crippen LogP) is 5.71. The molecule has 5 heteroatoms. The third-order valence-electron chi connectivity index (χ3n) is 4.62. The van der Waals surface area contributed by atoms with Crippen LogP contribution < -0.4 is 5.32 Å². The Balaban J connectivity index is 0.000000254. The largest absolute Gasteiger partial charge is 0.508 e. The molecule has 0 aliphatic heterocycles. The first-order valence-corrected chi connectivity index (χ1v) is 10.5. The number of aromatic hydroxyl groups is 1. The lowest BCUT2D eigenvalue weighted by molar-refractivity contribution is 0.475. The van der Waals surface area contributed by atoms with Crippen molar-refractivity contribution >= 4 is 23.4 Å². The van der Waals surface area contributed by atoms with Crippen LogP contribution in [0.1, 0.15) is 16.8 Å². The van der Waals surface area contributed by atoms with E-state index >= 15 is 0 Å². The molecule has 2 N–H and O–H groups in total. The second kappa shape index (κ2) is 11.6. The molecule has 0 aliphatic rings. The van der Waals surface area contributed by atoms with Crippen molar-refractivity contribution in [3.05, 3.63) is 108 Å². The fourth-order valence-corrected chi connectivity index (χ4v) is 3.22. The summed E-state index contributed by atoms with van der Waals surface area (Å²) in [6, 6.07) is 27.4. The van der Waals surface area contributed by atoms with Crippen molar-refractivity contribution in [1.82, 2.24) is 9.97 Å².